The number of nitrogens with one attached hydrogen (secondary N) is 1. The normalized spacial score (nSPS) is 12.6. The van der Waals surface area contributed by atoms with Crippen LogP contribution < -0.4 is 5.32 Å². The number of rotatable bonds is 5. The van der Waals surface area contributed by atoms with E-state index in [1.54, 1.807) is 28.6 Å². The highest BCUT2D eigenvalue weighted by atomic mass is 32.2. The second-order valence-corrected chi connectivity index (χ2v) is 5.75. The van der Waals surface area contributed by atoms with Crippen molar-refractivity contribution >= 4 is 23.1 Å². The third-order valence-electron chi connectivity index (χ3n) is 2.43. The molecule has 1 aromatic carbocycles. The van der Waals surface area contributed by atoms with Gasteiger partial charge in [0.1, 0.15) is 5.51 Å². The fraction of sp³-hybridized carbons (Fsp3) is 0.333. The number of aromatic nitrogens is 2. The fourth-order valence-electron chi connectivity index (χ4n) is 1.65. The second-order valence-electron chi connectivity index (χ2n) is 3.62. The molecule has 90 valence electrons. The van der Waals surface area contributed by atoms with E-state index in [2.05, 4.69) is 53.6 Å². The van der Waals surface area contributed by atoms with Crippen molar-refractivity contribution in [3.8, 4) is 0 Å². The Morgan fingerprint density at radius 2 is 2.24 bits per heavy atom. The quantitative estimate of drug-likeness (QED) is 0.899. The van der Waals surface area contributed by atoms with Gasteiger partial charge in [-0.3, -0.25) is 0 Å². The zero-order valence-corrected chi connectivity index (χ0v) is 11.5. The van der Waals surface area contributed by atoms with Crippen LogP contribution in [0.2, 0.25) is 0 Å². The van der Waals surface area contributed by atoms with Gasteiger partial charge in [0.05, 0.1) is 0 Å². The van der Waals surface area contributed by atoms with E-state index in [1.807, 2.05) is 0 Å². The number of hydrogen-bond acceptors (Lipinski definition) is 5. The summed E-state index contributed by atoms with van der Waals surface area (Å²) in [5.41, 5.74) is 3.08. The first-order chi connectivity index (χ1) is 8.31. The lowest BCUT2D eigenvalue weighted by Crippen LogP contribution is -2.18. The van der Waals surface area contributed by atoms with Gasteiger partial charge in [-0.2, -0.15) is 0 Å². The maximum absolute atomic E-state index is 4.07. The van der Waals surface area contributed by atoms with Crippen molar-refractivity contribution in [2.24, 2.45) is 0 Å². The fourth-order valence-corrected chi connectivity index (χ4v) is 3.30. The lowest BCUT2D eigenvalue weighted by atomic mass is 10.1. The molecule has 0 saturated heterocycles. The summed E-state index contributed by atoms with van der Waals surface area (Å²) in [6, 6.07) is 8.79. The molecule has 1 heterocycles. The molecule has 0 radical (unpaired) electrons. The Bertz CT molecular complexity index is 457. The largest absolute Gasteiger partial charge is 0.310 e. The predicted molar refractivity (Wildman–Crippen MR) is 72.6 cm³/mol. The van der Waals surface area contributed by atoms with Gasteiger partial charge in [0.15, 0.2) is 4.34 Å². The Kier molecular flexibility index (Phi) is 4.53. The van der Waals surface area contributed by atoms with Crippen LogP contribution in [0.5, 0.6) is 0 Å². The maximum atomic E-state index is 4.07. The van der Waals surface area contributed by atoms with E-state index >= 15 is 0 Å². The number of benzene rings is 1. The molecule has 0 aliphatic carbocycles. The smallest absolute Gasteiger partial charge is 0.178 e. The monoisotopic (exact) mass is 265 g/mol. The van der Waals surface area contributed by atoms with Crippen LogP contribution in [-0.2, 0) is 0 Å². The molecule has 17 heavy (non-hydrogen) atoms. The average Bonchev–Trinajstić information content (AvgIpc) is 2.83. The number of nitrogens with zero attached hydrogens (tertiary/aromatic N) is 2. The SMILES string of the molecule is CCNC(C)c1ccccc1Sc1nncs1. The Labute approximate surface area is 110 Å². The summed E-state index contributed by atoms with van der Waals surface area (Å²) in [6.45, 7) is 5.28. The molecule has 0 aliphatic rings. The van der Waals surface area contributed by atoms with Gasteiger partial charge < -0.3 is 5.32 Å². The van der Waals surface area contributed by atoms with E-state index in [-0.39, 0.29) is 0 Å². The average molecular weight is 265 g/mol. The Balaban J connectivity index is 2.21. The van der Waals surface area contributed by atoms with Crippen LogP contribution in [0, 0.1) is 0 Å². The molecule has 2 rings (SSSR count). The molecule has 0 spiro atoms. The highest BCUT2D eigenvalue weighted by Gasteiger charge is 2.11. The van der Waals surface area contributed by atoms with Crippen molar-refractivity contribution in [3.63, 3.8) is 0 Å². The van der Waals surface area contributed by atoms with E-state index in [4.69, 9.17) is 0 Å². The Morgan fingerprint density at radius 3 is 2.94 bits per heavy atom. The van der Waals surface area contributed by atoms with Gasteiger partial charge in [-0.15, -0.1) is 10.2 Å². The van der Waals surface area contributed by atoms with E-state index < -0.39 is 0 Å². The lowest BCUT2D eigenvalue weighted by molar-refractivity contribution is 0.590. The number of hydrogen-bond donors (Lipinski definition) is 1. The van der Waals surface area contributed by atoms with Crippen LogP contribution in [-0.4, -0.2) is 16.7 Å². The molecule has 0 fully saturated rings. The highest BCUT2D eigenvalue weighted by molar-refractivity contribution is 8.01. The summed E-state index contributed by atoms with van der Waals surface area (Å²) >= 11 is 3.25. The van der Waals surface area contributed by atoms with Crippen LogP contribution in [0.15, 0.2) is 39.0 Å². The molecular formula is C12H15N3S2. The minimum atomic E-state index is 0.358. The van der Waals surface area contributed by atoms with Gasteiger partial charge in [0, 0.05) is 10.9 Å². The van der Waals surface area contributed by atoms with Crippen LogP contribution in [0.1, 0.15) is 25.5 Å². The first-order valence-electron chi connectivity index (χ1n) is 5.57. The molecule has 3 nitrogen and oxygen atoms in total. The lowest BCUT2D eigenvalue weighted by Gasteiger charge is -2.15. The topological polar surface area (TPSA) is 37.8 Å². The van der Waals surface area contributed by atoms with E-state index in [0.717, 1.165) is 10.9 Å². The zero-order chi connectivity index (χ0) is 12.1. The van der Waals surface area contributed by atoms with Crippen molar-refractivity contribution in [1.82, 2.24) is 15.5 Å². The Morgan fingerprint density at radius 1 is 1.41 bits per heavy atom. The maximum Gasteiger partial charge on any atom is 0.178 e. The van der Waals surface area contributed by atoms with E-state index in [9.17, 15) is 0 Å². The summed E-state index contributed by atoms with van der Waals surface area (Å²) < 4.78 is 0.987. The van der Waals surface area contributed by atoms with Crippen LogP contribution in [0.25, 0.3) is 0 Å². The predicted octanol–water partition coefficient (Wildman–Crippen LogP) is 3.36. The zero-order valence-electron chi connectivity index (χ0n) is 9.88. The summed E-state index contributed by atoms with van der Waals surface area (Å²) in [6.07, 6.45) is 0. The molecule has 1 unspecified atom stereocenters. The molecule has 0 aliphatic heterocycles. The standard InChI is InChI=1S/C12H15N3S2/c1-3-13-9(2)10-6-4-5-7-11(10)17-12-15-14-8-16-12/h4-9,13H,3H2,1-2H3. The van der Waals surface area contributed by atoms with Crippen molar-refractivity contribution in [2.45, 2.75) is 29.1 Å². The third-order valence-corrected chi connectivity index (χ3v) is 4.30. The van der Waals surface area contributed by atoms with E-state index in [0.29, 0.717) is 6.04 Å². The summed E-state index contributed by atoms with van der Waals surface area (Å²) in [4.78, 5) is 1.25. The van der Waals surface area contributed by atoms with Gasteiger partial charge in [-0.05, 0) is 25.1 Å². The van der Waals surface area contributed by atoms with Crippen LogP contribution >= 0.6 is 23.1 Å². The highest BCUT2D eigenvalue weighted by Crippen LogP contribution is 2.33. The molecule has 0 bridgehead atoms. The van der Waals surface area contributed by atoms with Gasteiger partial charge >= 0.3 is 0 Å². The van der Waals surface area contributed by atoms with Crippen molar-refractivity contribution in [2.75, 3.05) is 6.54 Å². The molecule has 5 heteroatoms. The molecule has 2 aromatic rings. The van der Waals surface area contributed by atoms with Crippen molar-refractivity contribution in [3.05, 3.63) is 35.3 Å². The summed E-state index contributed by atoms with van der Waals surface area (Å²) in [5, 5.41) is 11.4. The first-order valence-corrected chi connectivity index (χ1v) is 7.27. The minimum absolute atomic E-state index is 0.358. The molecule has 1 N–H and O–H groups in total. The van der Waals surface area contributed by atoms with Gasteiger partial charge in [-0.1, -0.05) is 48.2 Å². The van der Waals surface area contributed by atoms with Crippen molar-refractivity contribution in [1.29, 1.82) is 0 Å². The minimum Gasteiger partial charge on any atom is -0.310 e. The van der Waals surface area contributed by atoms with Gasteiger partial charge in [0.25, 0.3) is 0 Å². The molecule has 1 aromatic heterocycles. The van der Waals surface area contributed by atoms with Gasteiger partial charge in [-0.25, -0.2) is 0 Å². The van der Waals surface area contributed by atoms with Crippen LogP contribution in [0.3, 0.4) is 0 Å². The summed E-state index contributed by atoms with van der Waals surface area (Å²) in [5.74, 6) is 0. The van der Waals surface area contributed by atoms with Crippen LogP contribution in [0.4, 0.5) is 0 Å². The second kappa shape index (κ2) is 6.14. The Hall–Kier alpha value is -0.910. The molecule has 1 atom stereocenters. The van der Waals surface area contributed by atoms with E-state index in [1.165, 1.54) is 10.5 Å². The molecular weight excluding hydrogens is 250 g/mol. The third kappa shape index (κ3) is 3.28. The summed E-state index contributed by atoms with van der Waals surface area (Å²) in [7, 11) is 0. The van der Waals surface area contributed by atoms with Gasteiger partial charge in [0.2, 0.25) is 0 Å². The van der Waals surface area contributed by atoms with Crippen molar-refractivity contribution < 1.29 is 0 Å². The first kappa shape index (κ1) is 12.5. The molecule has 0 amide bonds. The molecule has 0 saturated carbocycles.